The molecule has 0 spiro atoms. The zero-order valence-corrected chi connectivity index (χ0v) is 22.2. The molecule has 0 radical (unpaired) electrons. The predicted molar refractivity (Wildman–Crippen MR) is 132 cm³/mol. The maximum atomic E-state index is 12.9. The van der Waals surface area contributed by atoms with Crippen LogP contribution < -0.4 is 0 Å². The summed E-state index contributed by atoms with van der Waals surface area (Å²) in [7, 11) is -2.04. The van der Waals surface area contributed by atoms with Gasteiger partial charge in [0.05, 0.1) is 6.10 Å². The Bertz CT molecular complexity index is 647. The van der Waals surface area contributed by atoms with Gasteiger partial charge in [-0.1, -0.05) is 65.9 Å². The second kappa shape index (κ2) is 13.4. The summed E-state index contributed by atoms with van der Waals surface area (Å²) < 4.78 is 6.67. The number of rotatable bonds is 15. The fraction of sp³-hybridized carbons (Fsp3) is 0.808. The molecule has 32 heavy (non-hydrogen) atoms. The van der Waals surface area contributed by atoms with Crippen LogP contribution in [-0.4, -0.2) is 37.1 Å². The number of ketones is 2. The van der Waals surface area contributed by atoms with E-state index in [0.717, 1.165) is 44.9 Å². The Balaban J connectivity index is 2.84. The molecule has 1 saturated carbocycles. The van der Waals surface area contributed by atoms with E-state index in [2.05, 4.69) is 40.8 Å². The molecule has 0 aromatic heterocycles. The van der Waals surface area contributed by atoms with Gasteiger partial charge in [-0.25, -0.2) is 0 Å². The van der Waals surface area contributed by atoms with Crippen molar-refractivity contribution in [1.82, 2.24) is 0 Å². The highest BCUT2D eigenvalue weighted by Crippen LogP contribution is 2.43. The van der Waals surface area contributed by atoms with E-state index in [0.29, 0.717) is 19.3 Å². The third-order valence-electron chi connectivity index (χ3n) is 7.15. The SMILES string of the molecule is CCCCCC(=O)C=C[C@H]1[C@H](O[Si](C)(C)C(C)(C)C)CC(=O)[C@@H]1CCCCCCC(=O)O. The molecular weight excluding hydrogens is 420 g/mol. The minimum absolute atomic E-state index is 0.0502. The van der Waals surface area contributed by atoms with Crippen molar-refractivity contribution in [1.29, 1.82) is 0 Å². The van der Waals surface area contributed by atoms with Crippen LogP contribution in [0.1, 0.15) is 98.3 Å². The molecule has 1 aliphatic rings. The quantitative estimate of drug-likeness (QED) is 0.165. The number of carboxylic acids is 1. The maximum absolute atomic E-state index is 12.9. The summed E-state index contributed by atoms with van der Waals surface area (Å²) in [6.45, 7) is 13.2. The van der Waals surface area contributed by atoms with Gasteiger partial charge in [0, 0.05) is 31.1 Å². The number of hydrogen-bond acceptors (Lipinski definition) is 4. The van der Waals surface area contributed by atoms with Crippen molar-refractivity contribution in [3.05, 3.63) is 12.2 Å². The van der Waals surface area contributed by atoms with Gasteiger partial charge in [0.15, 0.2) is 14.1 Å². The van der Waals surface area contributed by atoms with E-state index in [1.165, 1.54) is 0 Å². The minimum atomic E-state index is -2.04. The van der Waals surface area contributed by atoms with Crippen molar-refractivity contribution in [2.24, 2.45) is 11.8 Å². The van der Waals surface area contributed by atoms with Crippen molar-refractivity contribution in [2.75, 3.05) is 0 Å². The zero-order valence-electron chi connectivity index (χ0n) is 21.2. The highest BCUT2D eigenvalue weighted by atomic mass is 28.4. The van der Waals surface area contributed by atoms with Crippen molar-refractivity contribution >= 4 is 25.9 Å². The Kier molecular flexibility index (Phi) is 12.1. The van der Waals surface area contributed by atoms with E-state index < -0.39 is 14.3 Å². The second-order valence-corrected chi connectivity index (χ2v) is 15.7. The average Bonchev–Trinajstić information content (AvgIpc) is 2.95. The molecule has 0 amide bonds. The van der Waals surface area contributed by atoms with Crippen molar-refractivity contribution in [3.8, 4) is 0 Å². The molecule has 1 N–H and O–H groups in total. The monoisotopic (exact) mass is 466 g/mol. The first-order valence-electron chi connectivity index (χ1n) is 12.5. The van der Waals surface area contributed by atoms with Crippen LogP contribution in [0.25, 0.3) is 0 Å². The molecule has 0 heterocycles. The van der Waals surface area contributed by atoms with Crippen molar-refractivity contribution < 1.29 is 23.9 Å². The molecule has 1 rings (SSSR count). The number of unbranched alkanes of at least 4 members (excludes halogenated alkanes) is 5. The first-order valence-corrected chi connectivity index (χ1v) is 15.4. The smallest absolute Gasteiger partial charge is 0.303 e. The van der Waals surface area contributed by atoms with Gasteiger partial charge in [0.25, 0.3) is 0 Å². The Morgan fingerprint density at radius 1 is 1.06 bits per heavy atom. The van der Waals surface area contributed by atoms with Crippen LogP contribution in [0.4, 0.5) is 0 Å². The highest BCUT2D eigenvalue weighted by molar-refractivity contribution is 6.74. The van der Waals surface area contributed by atoms with Gasteiger partial charge in [-0.3, -0.25) is 14.4 Å². The summed E-state index contributed by atoms with van der Waals surface area (Å²) in [5, 5.41) is 8.83. The largest absolute Gasteiger partial charge is 0.481 e. The third-order valence-corrected chi connectivity index (χ3v) is 11.7. The summed E-state index contributed by atoms with van der Waals surface area (Å²) in [5.74, 6) is -0.534. The lowest BCUT2D eigenvalue weighted by Gasteiger charge is -2.39. The number of aliphatic carboxylic acids is 1. The predicted octanol–water partition coefficient (Wildman–Crippen LogP) is 6.71. The molecule has 6 heteroatoms. The van der Waals surface area contributed by atoms with E-state index in [1.54, 1.807) is 6.08 Å². The Hall–Kier alpha value is -1.27. The van der Waals surface area contributed by atoms with Crippen LogP contribution >= 0.6 is 0 Å². The molecular formula is C26H46O5Si. The summed E-state index contributed by atoms with van der Waals surface area (Å²) in [6, 6.07) is 0. The maximum Gasteiger partial charge on any atom is 0.303 e. The normalized spacial score (nSPS) is 22.1. The number of hydrogen-bond donors (Lipinski definition) is 1. The molecule has 0 saturated heterocycles. The fourth-order valence-electron chi connectivity index (χ4n) is 4.09. The van der Waals surface area contributed by atoms with Crippen molar-refractivity contribution in [3.63, 3.8) is 0 Å². The lowest BCUT2D eigenvalue weighted by atomic mass is 9.88. The fourth-order valence-corrected chi connectivity index (χ4v) is 5.44. The highest BCUT2D eigenvalue weighted by Gasteiger charge is 2.46. The van der Waals surface area contributed by atoms with Crippen LogP contribution in [0, 0.1) is 11.8 Å². The lowest BCUT2D eigenvalue weighted by Crippen LogP contribution is -2.45. The number of carbonyl (C=O) groups excluding carboxylic acids is 2. The number of allylic oxidation sites excluding steroid dienone is 1. The Morgan fingerprint density at radius 2 is 1.69 bits per heavy atom. The summed E-state index contributed by atoms with van der Waals surface area (Å²) in [4.78, 5) is 36.0. The molecule has 0 aromatic rings. The first kappa shape index (κ1) is 28.8. The summed E-state index contributed by atoms with van der Waals surface area (Å²) >= 11 is 0. The van der Waals surface area contributed by atoms with Gasteiger partial charge in [0.2, 0.25) is 0 Å². The van der Waals surface area contributed by atoms with Crippen LogP contribution in [0.3, 0.4) is 0 Å². The number of Topliss-reactive ketones (excluding diaryl/α,β-unsaturated/α-hetero) is 1. The molecule has 1 fully saturated rings. The summed E-state index contributed by atoms with van der Waals surface area (Å²) in [6.07, 6.45) is 11.9. The van der Waals surface area contributed by atoms with Crippen LogP contribution in [0.5, 0.6) is 0 Å². The third kappa shape index (κ3) is 9.70. The van der Waals surface area contributed by atoms with Crippen LogP contribution in [0.15, 0.2) is 12.2 Å². The molecule has 0 bridgehead atoms. The van der Waals surface area contributed by atoms with Gasteiger partial charge >= 0.3 is 5.97 Å². The molecule has 0 aliphatic heterocycles. The molecule has 3 atom stereocenters. The van der Waals surface area contributed by atoms with E-state index in [-0.39, 0.29) is 41.0 Å². The van der Waals surface area contributed by atoms with Gasteiger partial charge < -0.3 is 9.53 Å². The van der Waals surface area contributed by atoms with Crippen LogP contribution in [-0.2, 0) is 18.8 Å². The van der Waals surface area contributed by atoms with Crippen LogP contribution in [0.2, 0.25) is 18.1 Å². The Morgan fingerprint density at radius 3 is 2.28 bits per heavy atom. The minimum Gasteiger partial charge on any atom is -0.481 e. The lowest BCUT2D eigenvalue weighted by molar-refractivity contribution is -0.137. The molecule has 5 nitrogen and oxygen atoms in total. The number of carbonyl (C=O) groups is 3. The van der Waals surface area contributed by atoms with E-state index in [1.807, 2.05) is 6.08 Å². The Labute approximate surface area is 196 Å². The van der Waals surface area contributed by atoms with Crippen molar-refractivity contribution in [2.45, 2.75) is 123 Å². The zero-order chi connectivity index (χ0) is 24.4. The second-order valence-electron chi connectivity index (χ2n) is 10.9. The first-order chi connectivity index (χ1) is 14.9. The number of carboxylic acid groups (broad SMARTS) is 1. The van der Waals surface area contributed by atoms with E-state index in [9.17, 15) is 14.4 Å². The van der Waals surface area contributed by atoms with Gasteiger partial charge in [0.1, 0.15) is 5.78 Å². The van der Waals surface area contributed by atoms with Gasteiger partial charge in [-0.05, 0) is 43.5 Å². The topological polar surface area (TPSA) is 80.7 Å². The molecule has 1 aliphatic carbocycles. The van der Waals surface area contributed by atoms with E-state index in [4.69, 9.17) is 9.53 Å². The molecule has 0 unspecified atom stereocenters. The standard InChI is InChI=1S/C26H46O5Si/c1-7-8-11-14-20(27)17-18-22-21(15-12-9-10-13-16-25(29)30)23(28)19-24(22)31-32(5,6)26(2,3)4/h17-18,21-22,24H,7-16,19H2,1-6H3,(H,29,30)/t21-,22-,24-/m1/s1. The molecule has 0 aromatic carbocycles. The van der Waals surface area contributed by atoms with E-state index >= 15 is 0 Å². The van der Waals surface area contributed by atoms with Gasteiger partial charge in [-0.15, -0.1) is 0 Å². The van der Waals surface area contributed by atoms with Gasteiger partial charge in [-0.2, -0.15) is 0 Å². The average molecular weight is 467 g/mol. The molecule has 184 valence electrons. The summed E-state index contributed by atoms with van der Waals surface area (Å²) in [5.41, 5.74) is 0.